The highest BCUT2D eigenvalue weighted by Crippen LogP contribution is 2.27. The van der Waals surface area contributed by atoms with Crippen molar-refractivity contribution in [3.8, 4) is 11.1 Å². The zero-order valence-corrected chi connectivity index (χ0v) is 11.0. The van der Waals surface area contributed by atoms with Crippen molar-refractivity contribution in [3.05, 3.63) is 54.6 Å². The first-order valence-electron chi connectivity index (χ1n) is 6.40. The summed E-state index contributed by atoms with van der Waals surface area (Å²) in [4.78, 5) is 11.8. The number of nitrogens with one attached hydrogen (secondary N) is 2. The van der Waals surface area contributed by atoms with Gasteiger partial charge in [0.15, 0.2) is 0 Å². The summed E-state index contributed by atoms with van der Waals surface area (Å²) in [7, 11) is 1.84. The van der Waals surface area contributed by atoms with E-state index in [1.54, 1.807) is 0 Å². The molecule has 0 aliphatic carbocycles. The molecule has 0 unspecified atom stereocenters. The Labute approximate surface area is 113 Å². The fourth-order valence-electron chi connectivity index (χ4n) is 1.91. The molecule has 2 aromatic carbocycles. The zero-order chi connectivity index (χ0) is 13.5. The van der Waals surface area contributed by atoms with Gasteiger partial charge < -0.3 is 10.6 Å². The number of amides is 1. The lowest BCUT2D eigenvalue weighted by Gasteiger charge is -2.11. The summed E-state index contributed by atoms with van der Waals surface area (Å²) in [6.07, 6.45) is 0.472. The second-order valence-electron chi connectivity index (χ2n) is 4.31. The summed E-state index contributed by atoms with van der Waals surface area (Å²) in [5.74, 6) is 0.0257. The van der Waals surface area contributed by atoms with Gasteiger partial charge in [0, 0.05) is 24.2 Å². The Morgan fingerprint density at radius 3 is 2.42 bits per heavy atom. The molecule has 19 heavy (non-hydrogen) atoms. The summed E-state index contributed by atoms with van der Waals surface area (Å²) in [5, 5.41) is 5.93. The van der Waals surface area contributed by atoms with E-state index in [0.29, 0.717) is 13.0 Å². The molecular weight excluding hydrogens is 236 g/mol. The van der Waals surface area contributed by atoms with Crippen molar-refractivity contribution >= 4 is 11.6 Å². The lowest BCUT2D eigenvalue weighted by atomic mass is 10.0. The first-order valence-corrected chi connectivity index (χ1v) is 6.40. The third kappa shape index (κ3) is 3.66. The van der Waals surface area contributed by atoms with Gasteiger partial charge in [-0.15, -0.1) is 0 Å². The standard InChI is InChI=1S/C16H18N2O/c1-17-12-11-16(19)18-15-10-6-5-9-14(15)13-7-3-2-4-8-13/h2-10,17H,11-12H2,1H3,(H,18,19). The van der Waals surface area contributed by atoms with Crippen molar-refractivity contribution < 1.29 is 4.79 Å². The van der Waals surface area contributed by atoms with Crippen molar-refractivity contribution in [2.24, 2.45) is 0 Å². The van der Waals surface area contributed by atoms with Gasteiger partial charge in [-0.3, -0.25) is 4.79 Å². The number of rotatable bonds is 5. The number of carbonyl (C=O) groups excluding carboxylic acids is 1. The average molecular weight is 254 g/mol. The number of hydrogen-bond donors (Lipinski definition) is 2. The Morgan fingerprint density at radius 2 is 1.68 bits per heavy atom. The quantitative estimate of drug-likeness (QED) is 0.861. The molecule has 0 aliphatic heterocycles. The number of benzene rings is 2. The van der Waals surface area contributed by atoms with Crippen LogP contribution in [-0.2, 0) is 4.79 Å². The second kappa shape index (κ2) is 6.71. The number of para-hydroxylation sites is 1. The van der Waals surface area contributed by atoms with Gasteiger partial charge in [0.05, 0.1) is 0 Å². The molecule has 0 atom stereocenters. The van der Waals surface area contributed by atoms with Crippen LogP contribution in [0.2, 0.25) is 0 Å². The van der Waals surface area contributed by atoms with Gasteiger partial charge in [-0.25, -0.2) is 0 Å². The monoisotopic (exact) mass is 254 g/mol. The summed E-state index contributed by atoms with van der Waals surface area (Å²) in [5.41, 5.74) is 3.00. The molecule has 0 fully saturated rings. The van der Waals surface area contributed by atoms with Crippen LogP contribution in [0, 0.1) is 0 Å². The van der Waals surface area contributed by atoms with E-state index in [1.807, 2.05) is 61.6 Å². The van der Waals surface area contributed by atoms with Crippen LogP contribution in [0.3, 0.4) is 0 Å². The largest absolute Gasteiger partial charge is 0.325 e. The maximum absolute atomic E-state index is 11.8. The van der Waals surface area contributed by atoms with Crippen LogP contribution in [0.5, 0.6) is 0 Å². The summed E-state index contributed by atoms with van der Waals surface area (Å²) < 4.78 is 0. The minimum atomic E-state index is 0.0257. The van der Waals surface area contributed by atoms with E-state index in [0.717, 1.165) is 16.8 Å². The SMILES string of the molecule is CNCCC(=O)Nc1ccccc1-c1ccccc1. The topological polar surface area (TPSA) is 41.1 Å². The van der Waals surface area contributed by atoms with Gasteiger partial charge >= 0.3 is 0 Å². The normalized spacial score (nSPS) is 10.2. The Morgan fingerprint density at radius 1 is 1.00 bits per heavy atom. The highest BCUT2D eigenvalue weighted by molar-refractivity contribution is 5.95. The van der Waals surface area contributed by atoms with E-state index in [4.69, 9.17) is 0 Å². The molecule has 0 aliphatic rings. The molecular formula is C16H18N2O. The molecule has 2 rings (SSSR count). The average Bonchev–Trinajstić information content (AvgIpc) is 2.46. The van der Waals surface area contributed by atoms with Crippen LogP contribution in [-0.4, -0.2) is 19.5 Å². The van der Waals surface area contributed by atoms with E-state index in [2.05, 4.69) is 10.6 Å². The Hall–Kier alpha value is -2.13. The van der Waals surface area contributed by atoms with Crippen molar-refractivity contribution in [1.82, 2.24) is 5.32 Å². The van der Waals surface area contributed by atoms with Crippen LogP contribution < -0.4 is 10.6 Å². The number of hydrogen-bond acceptors (Lipinski definition) is 2. The molecule has 98 valence electrons. The van der Waals surface area contributed by atoms with Crippen molar-refractivity contribution in [3.63, 3.8) is 0 Å². The van der Waals surface area contributed by atoms with Gasteiger partial charge in [-0.1, -0.05) is 48.5 Å². The second-order valence-corrected chi connectivity index (χ2v) is 4.31. The maximum atomic E-state index is 11.8. The Balaban J connectivity index is 2.20. The molecule has 0 radical (unpaired) electrons. The molecule has 3 nitrogen and oxygen atoms in total. The maximum Gasteiger partial charge on any atom is 0.225 e. The Bertz CT molecular complexity index is 537. The fraction of sp³-hybridized carbons (Fsp3) is 0.188. The molecule has 1 amide bonds. The molecule has 0 aromatic heterocycles. The van der Waals surface area contributed by atoms with Crippen LogP contribution >= 0.6 is 0 Å². The van der Waals surface area contributed by atoms with Crippen LogP contribution in [0.25, 0.3) is 11.1 Å². The highest BCUT2D eigenvalue weighted by Gasteiger charge is 2.07. The molecule has 0 bridgehead atoms. The van der Waals surface area contributed by atoms with E-state index >= 15 is 0 Å². The predicted octanol–water partition coefficient (Wildman–Crippen LogP) is 2.90. The minimum absolute atomic E-state index is 0.0257. The van der Waals surface area contributed by atoms with Gasteiger partial charge in [0.2, 0.25) is 5.91 Å². The minimum Gasteiger partial charge on any atom is -0.325 e. The molecule has 0 heterocycles. The highest BCUT2D eigenvalue weighted by atomic mass is 16.1. The third-order valence-electron chi connectivity index (χ3n) is 2.89. The van der Waals surface area contributed by atoms with Gasteiger partial charge in [0.1, 0.15) is 0 Å². The first kappa shape index (κ1) is 13.3. The zero-order valence-electron chi connectivity index (χ0n) is 11.0. The lowest BCUT2D eigenvalue weighted by Crippen LogP contribution is -2.19. The number of carbonyl (C=O) groups is 1. The predicted molar refractivity (Wildman–Crippen MR) is 79.1 cm³/mol. The number of anilines is 1. The van der Waals surface area contributed by atoms with Gasteiger partial charge in [-0.2, -0.15) is 0 Å². The van der Waals surface area contributed by atoms with Gasteiger partial charge in [-0.05, 0) is 18.7 Å². The molecule has 2 N–H and O–H groups in total. The summed E-state index contributed by atoms with van der Waals surface area (Å²) in [6.45, 7) is 0.680. The van der Waals surface area contributed by atoms with Crippen LogP contribution in [0.1, 0.15) is 6.42 Å². The van der Waals surface area contributed by atoms with Crippen molar-refractivity contribution in [2.75, 3.05) is 18.9 Å². The molecule has 0 spiro atoms. The van der Waals surface area contributed by atoms with E-state index in [9.17, 15) is 4.79 Å². The lowest BCUT2D eigenvalue weighted by molar-refractivity contribution is -0.116. The van der Waals surface area contributed by atoms with E-state index in [1.165, 1.54) is 0 Å². The van der Waals surface area contributed by atoms with Crippen molar-refractivity contribution in [1.29, 1.82) is 0 Å². The van der Waals surface area contributed by atoms with Crippen LogP contribution in [0.4, 0.5) is 5.69 Å². The third-order valence-corrected chi connectivity index (χ3v) is 2.89. The molecule has 2 aromatic rings. The molecule has 3 heteroatoms. The summed E-state index contributed by atoms with van der Waals surface area (Å²) in [6, 6.07) is 17.9. The van der Waals surface area contributed by atoms with Gasteiger partial charge in [0.25, 0.3) is 0 Å². The molecule has 0 saturated heterocycles. The van der Waals surface area contributed by atoms with E-state index in [-0.39, 0.29) is 5.91 Å². The van der Waals surface area contributed by atoms with Crippen LogP contribution in [0.15, 0.2) is 54.6 Å². The van der Waals surface area contributed by atoms with E-state index < -0.39 is 0 Å². The smallest absolute Gasteiger partial charge is 0.225 e. The molecule has 0 saturated carbocycles. The Kier molecular flexibility index (Phi) is 4.70. The van der Waals surface area contributed by atoms with Crippen molar-refractivity contribution in [2.45, 2.75) is 6.42 Å². The first-order chi connectivity index (χ1) is 9.31. The fourth-order valence-corrected chi connectivity index (χ4v) is 1.91. The summed E-state index contributed by atoms with van der Waals surface area (Å²) >= 11 is 0.